The van der Waals surface area contributed by atoms with Gasteiger partial charge in [0.05, 0.1) is 0 Å². The Kier molecular flexibility index (Phi) is 5.70. The Morgan fingerprint density at radius 1 is 1.26 bits per heavy atom. The highest BCUT2D eigenvalue weighted by molar-refractivity contribution is 5.27. The monoisotopic (exact) mass is 264 g/mol. The summed E-state index contributed by atoms with van der Waals surface area (Å²) in [6.07, 6.45) is 10.7. The summed E-state index contributed by atoms with van der Waals surface area (Å²) < 4.78 is 2.26. The van der Waals surface area contributed by atoms with Crippen molar-refractivity contribution in [2.75, 3.05) is 25.0 Å². The first-order chi connectivity index (χ1) is 9.33. The Morgan fingerprint density at radius 2 is 2.00 bits per heavy atom. The van der Waals surface area contributed by atoms with E-state index < -0.39 is 0 Å². The van der Waals surface area contributed by atoms with E-state index in [1.807, 2.05) is 6.20 Å². The first-order valence-electron chi connectivity index (χ1n) is 7.83. The molecular formula is C15H28N4. The van der Waals surface area contributed by atoms with Crippen molar-refractivity contribution in [3.8, 4) is 0 Å². The molecule has 1 aromatic rings. The van der Waals surface area contributed by atoms with Gasteiger partial charge in [0.25, 0.3) is 0 Å². The lowest BCUT2D eigenvalue weighted by atomic mass is 9.96. The molecule has 0 bridgehead atoms. The molecule has 0 radical (unpaired) electrons. The summed E-state index contributed by atoms with van der Waals surface area (Å²) in [4.78, 5) is 6.92. The minimum atomic E-state index is 0.628. The van der Waals surface area contributed by atoms with Gasteiger partial charge >= 0.3 is 0 Å². The number of hydrogen-bond donors (Lipinski definition) is 1. The van der Waals surface area contributed by atoms with Gasteiger partial charge in [0, 0.05) is 31.5 Å². The molecule has 1 saturated carbocycles. The highest BCUT2D eigenvalue weighted by Crippen LogP contribution is 2.20. The van der Waals surface area contributed by atoms with E-state index in [0.717, 1.165) is 32.1 Å². The fraction of sp³-hybridized carbons (Fsp3) is 0.800. The lowest BCUT2D eigenvalue weighted by Gasteiger charge is -2.24. The molecule has 0 amide bonds. The number of likely N-dealkylation sites (N-methyl/N-ethyl adjacent to an activating group) is 1. The van der Waals surface area contributed by atoms with Gasteiger partial charge in [0.1, 0.15) is 0 Å². The van der Waals surface area contributed by atoms with Gasteiger partial charge in [-0.2, -0.15) is 0 Å². The van der Waals surface area contributed by atoms with E-state index in [1.54, 1.807) is 0 Å². The summed E-state index contributed by atoms with van der Waals surface area (Å²) in [7, 11) is 0. The van der Waals surface area contributed by atoms with Crippen molar-refractivity contribution in [3.05, 3.63) is 12.4 Å². The van der Waals surface area contributed by atoms with Gasteiger partial charge in [-0.15, -0.1) is 0 Å². The van der Waals surface area contributed by atoms with Crippen LogP contribution in [0.1, 0.15) is 46.0 Å². The molecule has 1 fully saturated rings. The molecule has 2 rings (SSSR count). The predicted octanol–water partition coefficient (Wildman–Crippen LogP) is 2.97. The topological polar surface area (TPSA) is 33.1 Å². The molecule has 1 aliphatic carbocycles. The fourth-order valence-corrected chi connectivity index (χ4v) is 2.85. The maximum absolute atomic E-state index is 4.47. The number of nitrogens with zero attached hydrogens (tertiary/aromatic N) is 3. The molecule has 4 heteroatoms. The van der Waals surface area contributed by atoms with E-state index in [-0.39, 0.29) is 0 Å². The Hall–Kier alpha value is -1.03. The summed E-state index contributed by atoms with van der Waals surface area (Å²) >= 11 is 0. The number of hydrogen-bond acceptors (Lipinski definition) is 3. The van der Waals surface area contributed by atoms with Gasteiger partial charge in [0.15, 0.2) is 0 Å². The average Bonchev–Trinajstić information content (AvgIpc) is 2.88. The van der Waals surface area contributed by atoms with Crippen LogP contribution < -0.4 is 5.32 Å². The van der Waals surface area contributed by atoms with Crippen LogP contribution in [0.5, 0.6) is 0 Å². The largest absolute Gasteiger partial charge is 0.353 e. The van der Waals surface area contributed by atoms with Crippen molar-refractivity contribution in [2.45, 2.75) is 58.5 Å². The zero-order chi connectivity index (χ0) is 13.5. The third-order valence-corrected chi connectivity index (χ3v) is 4.21. The Morgan fingerprint density at radius 3 is 2.68 bits per heavy atom. The van der Waals surface area contributed by atoms with E-state index in [2.05, 4.69) is 39.8 Å². The first-order valence-corrected chi connectivity index (χ1v) is 7.83. The summed E-state index contributed by atoms with van der Waals surface area (Å²) in [5, 5.41) is 3.62. The Balaban J connectivity index is 1.86. The van der Waals surface area contributed by atoms with E-state index in [1.165, 1.54) is 32.1 Å². The Bertz CT molecular complexity index is 351. The van der Waals surface area contributed by atoms with Gasteiger partial charge in [-0.1, -0.05) is 33.1 Å². The molecular weight excluding hydrogens is 236 g/mol. The molecule has 0 aliphatic heterocycles. The predicted molar refractivity (Wildman–Crippen MR) is 80.5 cm³/mol. The van der Waals surface area contributed by atoms with Gasteiger partial charge < -0.3 is 14.8 Å². The lowest BCUT2D eigenvalue weighted by Crippen LogP contribution is -2.28. The van der Waals surface area contributed by atoms with Crippen molar-refractivity contribution in [1.82, 2.24) is 14.5 Å². The maximum atomic E-state index is 4.47. The van der Waals surface area contributed by atoms with E-state index in [9.17, 15) is 0 Å². The zero-order valence-electron chi connectivity index (χ0n) is 12.4. The van der Waals surface area contributed by atoms with Gasteiger partial charge in [-0.25, -0.2) is 4.98 Å². The van der Waals surface area contributed by atoms with Crippen molar-refractivity contribution >= 4 is 5.95 Å². The SMILES string of the molecule is CCN(CC)CCn1ccnc1NC1CCCCC1. The van der Waals surface area contributed by atoms with Gasteiger partial charge in [-0.05, 0) is 25.9 Å². The molecule has 0 spiro atoms. The van der Waals surface area contributed by atoms with E-state index >= 15 is 0 Å². The molecule has 0 atom stereocenters. The molecule has 0 saturated heterocycles. The first kappa shape index (κ1) is 14.4. The van der Waals surface area contributed by atoms with Crippen LogP contribution in [0.4, 0.5) is 5.95 Å². The molecule has 1 N–H and O–H groups in total. The maximum Gasteiger partial charge on any atom is 0.203 e. The molecule has 108 valence electrons. The van der Waals surface area contributed by atoms with Crippen LogP contribution in [0.15, 0.2) is 12.4 Å². The lowest BCUT2D eigenvalue weighted by molar-refractivity contribution is 0.291. The number of aromatic nitrogens is 2. The molecule has 1 aromatic heterocycles. The van der Waals surface area contributed by atoms with E-state index in [4.69, 9.17) is 0 Å². The average molecular weight is 264 g/mol. The van der Waals surface area contributed by atoms with Crippen LogP contribution in [0.2, 0.25) is 0 Å². The van der Waals surface area contributed by atoms with Gasteiger partial charge in [-0.3, -0.25) is 0 Å². The van der Waals surface area contributed by atoms with E-state index in [0.29, 0.717) is 6.04 Å². The minimum Gasteiger partial charge on any atom is -0.353 e. The number of rotatable bonds is 7. The summed E-state index contributed by atoms with van der Waals surface area (Å²) in [6, 6.07) is 0.628. The second-order valence-electron chi connectivity index (χ2n) is 5.45. The molecule has 4 nitrogen and oxygen atoms in total. The van der Waals surface area contributed by atoms with Crippen molar-refractivity contribution in [1.29, 1.82) is 0 Å². The fourth-order valence-electron chi connectivity index (χ4n) is 2.85. The number of anilines is 1. The normalized spacial score (nSPS) is 17.0. The second-order valence-corrected chi connectivity index (χ2v) is 5.45. The highest BCUT2D eigenvalue weighted by atomic mass is 15.2. The van der Waals surface area contributed by atoms with Crippen molar-refractivity contribution in [3.63, 3.8) is 0 Å². The molecule has 0 unspecified atom stereocenters. The number of imidazole rings is 1. The summed E-state index contributed by atoms with van der Waals surface area (Å²) in [5.41, 5.74) is 0. The molecule has 0 aromatic carbocycles. The van der Waals surface area contributed by atoms with Crippen LogP contribution in [0.3, 0.4) is 0 Å². The van der Waals surface area contributed by atoms with Crippen LogP contribution >= 0.6 is 0 Å². The van der Waals surface area contributed by atoms with Crippen LogP contribution in [-0.2, 0) is 6.54 Å². The van der Waals surface area contributed by atoms with Crippen LogP contribution in [-0.4, -0.2) is 40.1 Å². The third kappa shape index (κ3) is 4.23. The van der Waals surface area contributed by atoms with Gasteiger partial charge in [0.2, 0.25) is 5.95 Å². The Labute approximate surface area is 117 Å². The van der Waals surface area contributed by atoms with Crippen LogP contribution in [0.25, 0.3) is 0 Å². The third-order valence-electron chi connectivity index (χ3n) is 4.21. The summed E-state index contributed by atoms with van der Waals surface area (Å²) in [6.45, 7) is 8.81. The standard InChI is InChI=1S/C15H28N4/c1-3-18(4-2)12-13-19-11-10-16-15(19)17-14-8-6-5-7-9-14/h10-11,14H,3-9,12-13H2,1-2H3,(H,16,17). The highest BCUT2D eigenvalue weighted by Gasteiger charge is 2.15. The quantitative estimate of drug-likeness (QED) is 0.822. The molecule has 1 aliphatic rings. The molecule has 1 heterocycles. The van der Waals surface area contributed by atoms with Crippen LogP contribution in [0, 0.1) is 0 Å². The zero-order valence-corrected chi connectivity index (χ0v) is 12.4. The number of nitrogens with one attached hydrogen (secondary N) is 1. The summed E-state index contributed by atoms with van der Waals surface area (Å²) in [5.74, 6) is 1.05. The minimum absolute atomic E-state index is 0.628. The molecule has 19 heavy (non-hydrogen) atoms. The second kappa shape index (κ2) is 7.53. The van der Waals surface area contributed by atoms with Crippen molar-refractivity contribution in [2.24, 2.45) is 0 Å². The van der Waals surface area contributed by atoms with Crippen molar-refractivity contribution < 1.29 is 0 Å². The smallest absolute Gasteiger partial charge is 0.203 e.